The molecule has 1 rings (SSSR count). The molecule has 0 aromatic heterocycles. The first-order valence-corrected chi connectivity index (χ1v) is 3.23. The van der Waals surface area contributed by atoms with Crippen LogP contribution in [0, 0.1) is 0 Å². The molecule has 54 valence electrons. The summed E-state index contributed by atoms with van der Waals surface area (Å²) in [6.45, 7) is 0.210. The average molecular weight is 157 g/mol. The minimum atomic E-state index is -1.09. The van der Waals surface area contributed by atoms with Crippen molar-refractivity contribution in [3.8, 4) is 0 Å². The fourth-order valence-electron chi connectivity index (χ4n) is 0.647. The fraction of sp³-hybridized carbons (Fsp3) is 0.333. The third kappa shape index (κ3) is 1.21. The molecule has 0 aromatic carbocycles. The fourth-order valence-corrected chi connectivity index (χ4v) is 0.814. The maximum absolute atomic E-state index is 10.5. The Morgan fingerprint density at radius 2 is 2.50 bits per heavy atom. The van der Waals surface area contributed by atoms with Gasteiger partial charge in [-0.05, 0) is 6.08 Å². The number of hydrogen-bond acceptors (Lipinski definition) is 3. The highest BCUT2D eigenvalue weighted by molar-refractivity contribution is 7.83. The van der Waals surface area contributed by atoms with Crippen LogP contribution in [-0.4, -0.2) is 28.6 Å². The van der Waals surface area contributed by atoms with E-state index in [0.717, 1.165) is 0 Å². The number of carboxylic acid groups (broad SMARTS) is 1. The highest BCUT2D eigenvalue weighted by atomic mass is 32.1. The molecule has 1 N–H and O–H groups in total. The van der Waals surface area contributed by atoms with E-state index in [4.69, 9.17) is 5.11 Å². The molecule has 1 heterocycles. The van der Waals surface area contributed by atoms with Crippen LogP contribution in [0.2, 0.25) is 0 Å². The van der Waals surface area contributed by atoms with Crippen LogP contribution >= 0.6 is 12.6 Å². The average Bonchev–Trinajstić information content (AvgIpc) is 1.89. The lowest BCUT2D eigenvalue weighted by Crippen LogP contribution is -2.34. The lowest BCUT2D eigenvalue weighted by molar-refractivity contribution is -0.138. The Morgan fingerprint density at radius 1 is 1.80 bits per heavy atom. The number of aliphatic carboxylic acids is 1. The Kier molecular flexibility index (Phi) is 1.80. The van der Waals surface area contributed by atoms with E-state index in [-0.39, 0.29) is 6.54 Å². The standard InChI is InChI=1S/C6H7NO2S/c8-5(9)6(10)2-1-3-7-4-6/h1-3,10H,4H2,(H,8,9). The molecule has 0 fully saturated rings. The summed E-state index contributed by atoms with van der Waals surface area (Å²) in [4.78, 5) is 14.3. The van der Waals surface area contributed by atoms with Gasteiger partial charge in [0.15, 0.2) is 0 Å². The SMILES string of the molecule is O=C(O)C1(S)C=CC=NC1. The number of allylic oxidation sites excluding steroid dienone is 1. The van der Waals surface area contributed by atoms with Gasteiger partial charge >= 0.3 is 5.97 Å². The van der Waals surface area contributed by atoms with E-state index in [1.165, 1.54) is 6.08 Å². The number of thiol groups is 1. The molecule has 1 atom stereocenters. The van der Waals surface area contributed by atoms with Crippen LogP contribution in [-0.2, 0) is 4.79 Å². The molecule has 0 aliphatic carbocycles. The topological polar surface area (TPSA) is 49.7 Å². The van der Waals surface area contributed by atoms with E-state index >= 15 is 0 Å². The van der Waals surface area contributed by atoms with Gasteiger partial charge < -0.3 is 5.11 Å². The van der Waals surface area contributed by atoms with Crippen molar-refractivity contribution in [1.82, 2.24) is 0 Å². The maximum Gasteiger partial charge on any atom is 0.325 e. The zero-order chi connectivity index (χ0) is 7.61. The van der Waals surface area contributed by atoms with Crippen LogP contribution in [0.5, 0.6) is 0 Å². The summed E-state index contributed by atoms with van der Waals surface area (Å²) in [7, 11) is 0. The van der Waals surface area contributed by atoms with E-state index in [1.54, 1.807) is 12.3 Å². The van der Waals surface area contributed by atoms with Gasteiger partial charge in [-0.3, -0.25) is 9.79 Å². The molecule has 0 saturated heterocycles. The predicted octanol–water partition coefficient (Wildman–Crippen LogP) is 0.380. The number of nitrogens with zero attached hydrogens (tertiary/aromatic N) is 1. The number of aliphatic imine (C=N–C) groups is 1. The number of carbonyl (C=O) groups is 1. The minimum Gasteiger partial charge on any atom is -0.480 e. The van der Waals surface area contributed by atoms with Gasteiger partial charge in [-0.25, -0.2) is 0 Å². The molecule has 1 aliphatic heterocycles. The van der Waals surface area contributed by atoms with E-state index in [0.29, 0.717) is 0 Å². The third-order valence-electron chi connectivity index (χ3n) is 1.27. The summed E-state index contributed by atoms with van der Waals surface area (Å²) in [5, 5.41) is 8.60. The molecule has 0 amide bonds. The largest absolute Gasteiger partial charge is 0.480 e. The molecule has 3 nitrogen and oxygen atoms in total. The summed E-state index contributed by atoms with van der Waals surface area (Å²) in [6, 6.07) is 0. The van der Waals surface area contributed by atoms with Crippen LogP contribution in [0.3, 0.4) is 0 Å². The molecule has 10 heavy (non-hydrogen) atoms. The first-order valence-electron chi connectivity index (χ1n) is 2.78. The Labute approximate surface area is 63.9 Å². The first kappa shape index (κ1) is 7.34. The van der Waals surface area contributed by atoms with Crippen LogP contribution in [0.1, 0.15) is 0 Å². The predicted molar refractivity (Wildman–Crippen MR) is 41.9 cm³/mol. The lowest BCUT2D eigenvalue weighted by Gasteiger charge is -2.18. The minimum absolute atomic E-state index is 0.210. The van der Waals surface area contributed by atoms with Crippen LogP contribution in [0.15, 0.2) is 17.1 Å². The van der Waals surface area contributed by atoms with E-state index in [2.05, 4.69) is 17.6 Å². The van der Waals surface area contributed by atoms with Gasteiger partial charge in [-0.1, -0.05) is 6.08 Å². The number of dihydropyridines is 1. The highest BCUT2D eigenvalue weighted by Crippen LogP contribution is 2.18. The normalized spacial score (nSPS) is 30.5. The van der Waals surface area contributed by atoms with Gasteiger partial charge in [0, 0.05) is 6.21 Å². The lowest BCUT2D eigenvalue weighted by atomic mass is 10.1. The van der Waals surface area contributed by atoms with Crippen LogP contribution in [0.4, 0.5) is 0 Å². The summed E-state index contributed by atoms with van der Waals surface area (Å²) in [5.41, 5.74) is 0. The van der Waals surface area contributed by atoms with Crippen molar-refractivity contribution in [1.29, 1.82) is 0 Å². The zero-order valence-electron chi connectivity index (χ0n) is 5.19. The van der Waals surface area contributed by atoms with Crippen LogP contribution in [0.25, 0.3) is 0 Å². The van der Waals surface area contributed by atoms with Gasteiger partial charge in [0.05, 0.1) is 6.54 Å². The second-order valence-corrected chi connectivity index (χ2v) is 2.88. The van der Waals surface area contributed by atoms with Crippen molar-refractivity contribution in [2.45, 2.75) is 4.75 Å². The summed E-state index contributed by atoms with van der Waals surface area (Å²) in [5.74, 6) is -0.955. The van der Waals surface area contributed by atoms with Crippen molar-refractivity contribution >= 4 is 24.8 Å². The second kappa shape index (κ2) is 2.46. The van der Waals surface area contributed by atoms with E-state index in [1.807, 2.05) is 0 Å². The van der Waals surface area contributed by atoms with Crippen LogP contribution < -0.4 is 0 Å². The Bertz CT molecular complexity index is 212. The molecular weight excluding hydrogens is 150 g/mol. The molecule has 0 spiro atoms. The smallest absolute Gasteiger partial charge is 0.325 e. The van der Waals surface area contributed by atoms with Gasteiger partial charge in [0.1, 0.15) is 4.75 Å². The Morgan fingerprint density at radius 3 is 2.80 bits per heavy atom. The van der Waals surface area contributed by atoms with Crippen molar-refractivity contribution < 1.29 is 9.90 Å². The van der Waals surface area contributed by atoms with Crippen molar-refractivity contribution in [2.75, 3.05) is 6.54 Å². The Balaban J connectivity index is 2.80. The maximum atomic E-state index is 10.5. The molecule has 0 saturated carbocycles. The monoisotopic (exact) mass is 157 g/mol. The van der Waals surface area contributed by atoms with Gasteiger partial charge in [-0.2, -0.15) is 12.6 Å². The zero-order valence-corrected chi connectivity index (χ0v) is 6.08. The van der Waals surface area contributed by atoms with E-state index in [9.17, 15) is 4.79 Å². The number of carboxylic acids is 1. The molecule has 0 aromatic rings. The number of rotatable bonds is 1. The van der Waals surface area contributed by atoms with Gasteiger partial charge in [0.25, 0.3) is 0 Å². The molecule has 1 unspecified atom stereocenters. The van der Waals surface area contributed by atoms with E-state index < -0.39 is 10.7 Å². The first-order chi connectivity index (χ1) is 4.65. The van der Waals surface area contributed by atoms with Gasteiger partial charge in [0.2, 0.25) is 0 Å². The summed E-state index contributed by atoms with van der Waals surface area (Å²) >= 11 is 3.94. The molecule has 4 heteroatoms. The highest BCUT2D eigenvalue weighted by Gasteiger charge is 2.31. The molecule has 1 aliphatic rings. The molecule has 0 bridgehead atoms. The Hall–Kier alpha value is -0.770. The third-order valence-corrected chi connectivity index (χ3v) is 1.75. The molecule has 0 radical (unpaired) electrons. The van der Waals surface area contributed by atoms with Crippen molar-refractivity contribution in [3.63, 3.8) is 0 Å². The second-order valence-electron chi connectivity index (χ2n) is 2.08. The van der Waals surface area contributed by atoms with Crippen molar-refractivity contribution in [2.24, 2.45) is 4.99 Å². The summed E-state index contributed by atoms with van der Waals surface area (Å²) < 4.78 is -1.09. The van der Waals surface area contributed by atoms with Crippen molar-refractivity contribution in [3.05, 3.63) is 12.2 Å². The number of hydrogen-bond donors (Lipinski definition) is 2. The van der Waals surface area contributed by atoms with Gasteiger partial charge in [-0.15, -0.1) is 0 Å². The summed E-state index contributed by atoms with van der Waals surface area (Å²) in [6.07, 6.45) is 4.67. The molecular formula is C6H7NO2S. The quantitative estimate of drug-likeness (QED) is 0.541.